The van der Waals surface area contributed by atoms with Crippen LogP contribution in [0.15, 0.2) is 9.95 Å². The average Bonchev–Trinajstić information content (AvgIpc) is 2.89. The minimum Gasteiger partial charge on any atom is -0.369 e. The van der Waals surface area contributed by atoms with E-state index < -0.39 is 0 Å². The Morgan fingerprint density at radius 2 is 2.05 bits per heavy atom. The molecule has 0 spiro atoms. The van der Waals surface area contributed by atoms with Crippen LogP contribution in [-0.2, 0) is 4.79 Å². The standard InChI is InChI=1S/C13H18N6O2S/c14-12-17-10-9(11(21)19-12)16-13(18-10)22-6-8(20)15-7-4-2-1-3-5-7/h7H,1-6H2,(H,15,20)(H4,14,16,17,18,19,21). The van der Waals surface area contributed by atoms with Crippen LogP contribution in [-0.4, -0.2) is 37.6 Å². The quantitative estimate of drug-likeness (QED) is 0.615. The number of thioether (sulfide) groups is 1. The Balaban J connectivity index is 1.60. The van der Waals surface area contributed by atoms with Crippen molar-refractivity contribution in [3.63, 3.8) is 0 Å². The van der Waals surface area contributed by atoms with E-state index in [0.29, 0.717) is 11.2 Å². The third kappa shape index (κ3) is 3.41. The number of fused-ring (bicyclic) bond motifs is 1. The Morgan fingerprint density at radius 1 is 1.27 bits per heavy atom. The lowest BCUT2D eigenvalue weighted by Gasteiger charge is -2.22. The van der Waals surface area contributed by atoms with Crippen LogP contribution >= 0.6 is 11.8 Å². The van der Waals surface area contributed by atoms with Gasteiger partial charge in [-0.25, -0.2) is 4.98 Å². The highest BCUT2D eigenvalue weighted by Crippen LogP contribution is 2.19. The molecule has 0 aliphatic heterocycles. The number of nitrogens with zero attached hydrogens (tertiary/aromatic N) is 2. The molecule has 2 aromatic heterocycles. The van der Waals surface area contributed by atoms with Crippen LogP contribution in [0.25, 0.3) is 11.2 Å². The number of imidazole rings is 1. The molecule has 3 rings (SSSR count). The first kappa shape index (κ1) is 14.9. The molecule has 1 aliphatic rings. The van der Waals surface area contributed by atoms with Gasteiger partial charge in [0.05, 0.1) is 5.75 Å². The van der Waals surface area contributed by atoms with Gasteiger partial charge in [0.15, 0.2) is 16.3 Å². The highest BCUT2D eigenvalue weighted by molar-refractivity contribution is 7.99. The molecule has 1 saturated carbocycles. The second-order valence-electron chi connectivity index (χ2n) is 5.38. The van der Waals surface area contributed by atoms with Crippen LogP contribution in [0.1, 0.15) is 32.1 Å². The minimum absolute atomic E-state index is 0.0151. The maximum absolute atomic E-state index is 11.9. The van der Waals surface area contributed by atoms with E-state index in [-0.39, 0.29) is 34.3 Å². The monoisotopic (exact) mass is 322 g/mol. The topological polar surface area (TPSA) is 130 Å². The first-order chi connectivity index (χ1) is 10.6. The molecule has 8 nitrogen and oxygen atoms in total. The van der Waals surface area contributed by atoms with Gasteiger partial charge < -0.3 is 16.0 Å². The van der Waals surface area contributed by atoms with Crippen molar-refractivity contribution in [1.29, 1.82) is 0 Å². The van der Waals surface area contributed by atoms with Crippen molar-refractivity contribution < 1.29 is 4.79 Å². The molecule has 22 heavy (non-hydrogen) atoms. The Labute approximate surface area is 130 Å². The Kier molecular flexibility index (Phi) is 4.32. The van der Waals surface area contributed by atoms with E-state index in [2.05, 4.69) is 25.3 Å². The maximum Gasteiger partial charge on any atom is 0.278 e. The fraction of sp³-hybridized carbons (Fsp3) is 0.538. The van der Waals surface area contributed by atoms with E-state index in [0.717, 1.165) is 12.8 Å². The molecule has 0 radical (unpaired) electrons. The molecule has 1 amide bonds. The summed E-state index contributed by atoms with van der Waals surface area (Å²) in [7, 11) is 0. The van der Waals surface area contributed by atoms with Crippen molar-refractivity contribution in [2.75, 3.05) is 11.5 Å². The molecule has 0 atom stereocenters. The van der Waals surface area contributed by atoms with E-state index in [4.69, 9.17) is 5.73 Å². The lowest BCUT2D eigenvalue weighted by Crippen LogP contribution is -2.37. The van der Waals surface area contributed by atoms with Crippen molar-refractivity contribution in [2.45, 2.75) is 43.3 Å². The van der Waals surface area contributed by atoms with Crippen molar-refractivity contribution in [3.05, 3.63) is 10.4 Å². The maximum atomic E-state index is 11.9. The molecule has 1 fully saturated rings. The van der Waals surface area contributed by atoms with E-state index in [1.807, 2.05) is 0 Å². The number of hydrogen-bond acceptors (Lipinski definition) is 6. The van der Waals surface area contributed by atoms with Gasteiger partial charge in [0.2, 0.25) is 11.9 Å². The zero-order chi connectivity index (χ0) is 15.5. The lowest BCUT2D eigenvalue weighted by atomic mass is 9.95. The highest BCUT2D eigenvalue weighted by Gasteiger charge is 2.16. The third-order valence-corrected chi connectivity index (χ3v) is 4.54. The fourth-order valence-electron chi connectivity index (χ4n) is 2.62. The second kappa shape index (κ2) is 6.39. The summed E-state index contributed by atoms with van der Waals surface area (Å²) in [4.78, 5) is 37.0. The summed E-state index contributed by atoms with van der Waals surface area (Å²) in [5, 5.41) is 3.52. The number of nitrogen functional groups attached to an aromatic ring is 1. The largest absolute Gasteiger partial charge is 0.369 e. The molecule has 0 bridgehead atoms. The molecule has 0 aromatic carbocycles. The predicted octanol–water partition coefficient (Wildman–Crippen LogP) is 0.769. The van der Waals surface area contributed by atoms with Gasteiger partial charge in [0.1, 0.15) is 0 Å². The normalized spacial score (nSPS) is 16.0. The molecule has 9 heteroatoms. The molecule has 0 saturated heterocycles. The summed E-state index contributed by atoms with van der Waals surface area (Å²) < 4.78 is 0. The highest BCUT2D eigenvalue weighted by atomic mass is 32.2. The van der Waals surface area contributed by atoms with Gasteiger partial charge in [-0.05, 0) is 12.8 Å². The number of aromatic amines is 2. The number of aromatic nitrogens is 4. The van der Waals surface area contributed by atoms with E-state index in [1.54, 1.807) is 0 Å². The minimum atomic E-state index is -0.367. The molecule has 118 valence electrons. The van der Waals surface area contributed by atoms with Crippen LogP contribution in [0.4, 0.5) is 5.95 Å². The predicted molar refractivity (Wildman–Crippen MR) is 84.7 cm³/mol. The Hall–Kier alpha value is -2.03. The zero-order valence-corrected chi connectivity index (χ0v) is 12.8. The smallest absolute Gasteiger partial charge is 0.278 e. The summed E-state index contributed by atoms with van der Waals surface area (Å²) in [6, 6.07) is 0.293. The number of carbonyl (C=O) groups is 1. The van der Waals surface area contributed by atoms with Crippen LogP contribution < -0.4 is 16.6 Å². The number of H-pyrrole nitrogens is 2. The number of anilines is 1. The number of nitrogens with one attached hydrogen (secondary N) is 3. The molecule has 5 N–H and O–H groups in total. The van der Waals surface area contributed by atoms with Gasteiger partial charge in [-0.2, -0.15) is 4.98 Å². The molecule has 2 aromatic rings. The SMILES string of the molecule is Nc1nc2nc(SCC(=O)NC3CCCCC3)[nH]c2c(=O)[nH]1. The van der Waals surface area contributed by atoms with E-state index >= 15 is 0 Å². The average molecular weight is 322 g/mol. The second-order valence-corrected chi connectivity index (χ2v) is 6.35. The molecular weight excluding hydrogens is 304 g/mol. The summed E-state index contributed by atoms with van der Waals surface area (Å²) in [6.07, 6.45) is 5.72. The number of amides is 1. The van der Waals surface area contributed by atoms with Gasteiger partial charge in [-0.15, -0.1) is 0 Å². The van der Waals surface area contributed by atoms with Gasteiger partial charge in [-0.1, -0.05) is 31.0 Å². The molecule has 0 unspecified atom stereocenters. The molecule has 1 aliphatic carbocycles. The fourth-order valence-corrected chi connectivity index (χ4v) is 3.30. The van der Waals surface area contributed by atoms with E-state index in [1.165, 1.54) is 31.0 Å². The summed E-state index contributed by atoms with van der Waals surface area (Å²) in [5.41, 5.74) is 5.63. The molecule has 2 heterocycles. The van der Waals surface area contributed by atoms with Crippen molar-refractivity contribution in [1.82, 2.24) is 25.3 Å². The molecular formula is C13H18N6O2S. The zero-order valence-electron chi connectivity index (χ0n) is 12.0. The number of carbonyl (C=O) groups excluding carboxylic acids is 1. The number of rotatable bonds is 4. The van der Waals surface area contributed by atoms with E-state index in [9.17, 15) is 9.59 Å². The summed E-state index contributed by atoms with van der Waals surface area (Å²) in [5.74, 6) is 0.262. The van der Waals surface area contributed by atoms with Crippen LogP contribution in [0.3, 0.4) is 0 Å². The van der Waals surface area contributed by atoms with Crippen LogP contribution in [0.5, 0.6) is 0 Å². The Morgan fingerprint density at radius 3 is 2.82 bits per heavy atom. The van der Waals surface area contributed by atoms with Crippen molar-refractivity contribution >= 4 is 34.8 Å². The number of nitrogens with two attached hydrogens (primary N) is 1. The van der Waals surface area contributed by atoms with Gasteiger partial charge in [0.25, 0.3) is 5.56 Å². The first-order valence-electron chi connectivity index (χ1n) is 7.29. The Bertz CT molecular complexity index is 734. The van der Waals surface area contributed by atoms with Crippen molar-refractivity contribution in [2.24, 2.45) is 0 Å². The number of hydrogen-bond donors (Lipinski definition) is 4. The van der Waals surface area contributed by atoms with Crippen LogP contribution in [0.2, 0.25) is 0 Å². The van der Waals surface area contributed by atoms with Crippen LogP contribution in [0, 0.1) is 0 Å². The first-order valence-corrected chi connectivity index (χ1v) is 8.28. The van der Waals surface area contributed by atoms with Gasteiger partial charge in [-0.3, -0.25) is 14.6 Å². The summed E-state index contributed by atoms with van der Waals surface area (Å²) in [6.45, 7) is 0. The van der Waals surface area contributed by atoms with Crippen molar-refractivity contribution in [3.8, 4) is 0 Å². The lowest BCUT2D eigenvalue weighted by molar-refractivity contribution is -0.119. The van der Waals surface area contributed by atoms with Gasteiger partial charge in [0, 0.05) is 6.04 Å². The summed E-state index contributed by atoms with van der Waals surface area (Å²) >= 11 is 1.25. The van der Waals surface area contributed by atoms with Gasteiger partial charge >= 0.3 is 0 Å². The third-order valence-electron chi connectivity index (χ3n) is 3.67.